The molecular formula is C12H14N2O2. The number of pyridine rings is 1. The molecule has 0 aliphatic rings. The van der Waals surface area contributed by atoms with Gasteiger partial charge < -0.3 is 4.74 Å². The van der Waals surface area contributed by atoms with Crippen molar-refractivity contribution < 1.29 is 9.53 Å². The largest absolute Gasteiger partial charge is 0.465 e. The van der Waals surface area contributed by atoms with E-state index in [1.807, 2.05) is 18.2 Å². The van der Waals surface area contributed by atoms with Crippen LogP contribution in [-0.2, 0) is 16.0 Å². The zero-order chi connectivity index (χ0) is 11.8. The van der Waals surface area contributed by atoms with Crippen LogP contribution in [0.2, 0.25) is 0 Å². The van der Waals surface area contributed by atoms with Crippen molar-refractivity contribution in [2.75, 3.05) is 6.61 Å². The van der Waals surface area contributed by atoms with Crippen molar-refractivity contribution in [3.8, 4) is 6.07 Å². The standard InChI is InChI=1S/C12H14N2O2/c1-2-16-12(15)11(9-13)4-3-10-5-7-14-8-6-10/h5-8,11H,2-4H2,1H3. The van der Waals surface area contributed by atoms with E-state index in [2.05, 4.69) is 4.98 Å². The van der Waals surface area contributed by atoms with E-state index >= 15 is 0 Å². The van der Waals surface area contributed by atoms with Gasteiger partial charge in [0.2, 0.25) is 0 Å². The van der Waals surface area contributed by atoms with Crippen LogP contribution in [0.5, 0.6) is 0 Å². The van der Waals surface area contributed by atoms with Crippen molar-refractivity contribution in [1.82, 2.24) is 4.98 Å². The predicted molar refractivity (Wildman–Crippen MR) is 58.3 cm³/mol. The first-order valence-electron chi connectivity index (χ1n) is 5.23. The average Bonchev–Trinajstić information content (AvgIpc) is 2.31. The van der Waals surface area contributed by atoms with Crippen molar-refractivity contribution in [3.05, 3.63) is 30.1 Å². The number of hydrogen-bond acceptors (Lipinski definition) is 4. The van der Waals surface area contributed by atoms with Gasteiger partial charge in [-0.25, -0.2) is 0 Å². The van der Waals surface area contributed by atoms with Gasteiger partial charge in [0.05, 0.1) is 12.7 Å². The number of rotatable bonds is 5. The Hall–Kier alpha value is -1.89. The van der Waals surface area contributed by atoms with Gasteiger partial charge in [0.25, 0.3) is 0 Å². The van der Waals surface area contributed by atoms with Gasteiger partial charge in [0.1, 0.15) is 5.92 Å². The number of nitrogens with zero attached hydrogens (tertiary/aromatic N) is 2. The summed E-state index contributed by atoms with van der Waals surface area (Å²) < 4.78 is 4.81. The quantitative estimate of drug-likeness (QED) is 0.706. The van der Waals surface area contributed by atoms with Gasteiger partial charge in [0.15, 0.2) is 0 Å². The highest BCUT2D eigenvalue weighted by Gasteiger charge is 2.18. The van der Waals surface area contributed by atoms with Crippen LogP contribution in [0.3, 0.4) is 0 Å². The van der Waals surface area contributed by atoms with E-state index in [0.717, 1.165) is 5.56 Å². The Bertz CT molecular complexity index is 370. The molecular weight excluding hydrogens is 204 g/mol. The lowest BCUT2D eigenvalue weighted by Crippen LogP contribution is -2.16. The second kappa shape index (κ2) is 6.57. The van der Waals surface area contributed by atoms with Crippen molar-refractivity contribution in [2.45, 2.75) is 19.8 Å². The number of aromatic nitrogens is 1. The van der Waals surface area contributed by atoms with Crippen LogP contribution in [0.25, 0.3) is 0 Å². The maximum Gasteiger partial charge on any atom is 0.323 e. The lowest BCUT2D eigenvalue weighted by molar-refractivity contribution is -0.146. The Morgan fingerprint density at radius 3 is 2.81 bits per heavy atom. The molecule has 0 radical (unpaired) electrons. The SMILES string of the molecule is CCOC(=O)C(C#N)CCc1ccncc1. The minimum atomic E-state index is -0.673. The van der Waals surface area contributed by atoms with Gasteiger partial charge in [-0.3, -0.25) is 9.78 Å². The van der Waals surface area contributed by atoms with Gasteiger partial charge >= 0.3 is 5.97 Å². The molecule has 1 heterocycles. The van der Waals surface area contributed by atoms with E-state index in [4.69, 9.17) is 10.00 Å². The summed E-state index contributed by atoms with van der Waals surface area (Å²) in [6.45, 7) is 2.04. The monoisotopic (exact) mass is 218 g/mol. The van der Waals surface area contributed by atoms with E-state index < -0.39 is 11.9 Å². The molecule has 1 atom stereocenters. The number of esters is 1. The number of hydrogen-bond donors (Lipinski definition) is 0. The molecule has 4 nitrogen and oxygen atoms in total. The second-order valence-corrected chi connectivity index (χ2v) is 3.33. The van der Waals surface area contributed by atoms with Crippen molar-refractivity contribution >= 4 is 5.97 Å². The van der Waals surface area contributed by atoms with Gasteiger partial charge in [-0.15, -0.1) is 0 Å². The topological polar surface area (TPSA) is 63.0 Å². The van der Waals surface area contributed by atoms with Crippen LogP contribution in [0.1, 0.15) is 18.9 Å². The number of carbonyl (C=O) groups is 1. The highest BCUT2D eigenvalue weighted by Crippen LogP contribution is 2.10. The van der Waals surface area contributed by atoms with Crippen molar-refractivity contribution in [2.24, 2.45) is 5.92 Å². The van der Waals surface area contributed by atoms with E-state index in [-0.39, 0.29) is 0 Å². The predicted octanol–water partition coefficient (Wildman–Crippen LogP) is 1.72. The Balaban J connectivity index is 2.47. The summed E-state index contributed by atoms with van der Waals surface area (Å²) in [4.78, 5) is 15.2. The third-order valence-corrected chi connectivity index (χ3v) is 2.20. The first-order valence-corrected chi connectivity index (χ1v) is 5.23. The molecule has 0 fully saturated rings. The number of nitriles is 1. The molecule has 0 N–H and O–H groups in total. The minimum absolute atomic E-state index is 0.312. The van der Waals surface area contributed by atoms with Crippen LogP contribution < -0.4 is 0 Å². The van der Waals surface area contributed by atoms with Crippen molar-refractivity contribution in [1.29, 1.82) is 5.26 Å². The maximum atomic E-state index is 11.3. The van der Waals surface area contributed by atoms with Crippen LogP contribution in [0.4, 0.5) is 0 Å². The number of carbonyl (C=O) groups excluding carboxylic acids is 1. The summed E-state index contributed by atoms with van der Waals surface area (Å²) in [5.41, 5.74) is 1.07. The zero-order valence-corrected chi connectivity index (χ0v) is 9.22. The normalized spacial score (nSPS) is 11.5. The lowest BCUT2D eigenvalue weighted by atomic mass is 10.0. The summed E-state index contributed by atoms with van der Waals surface area (Å²) >= 11 is 0. The first-order chi connectivity index (χ1) is 7.77. The molecule has 1 unspecified atom stereocenters. The Morgan fingerprint density at radius 2 is 2.25 bits per heavy atom. The van der Waals surface area contributed by atoms with Gasteiger partial charge in [0, 0.05) is 12.4 Å². The van der Waals surface area contributed by atoms with Gasteiger partial charge in [-0.1, -0.05) is 0 Å². The third kappa shape index (κ3) is 3.70. The van der Waals surface area contributed by atoms with Gasteiger partial charge in [-0.05, 0) is 37.5 Å². The Kier molecular flexibility index (Phi) is 5.00. The van der Waals surface area contributed by atoms with Crippen molar-refractivity contribution in [3.63, 3.8) is 0 Å². The molecule has 1 aromatic rings. The molecule has 0 saturated heterocycles. The fourth-order valence-electron chi connectivity index (χ4n) is 1.34. The number of aryl methyl sites for hydroxylation is 1. The molecule has 0 aliphatic carbocycles. The minimum Gasteiger partial charge on any atom is -0.465 e. The molecule has 0 amide bonds. The zero-order valence-electron chi connectivity index (χ0n) is 9.22. The third-order valence-electron chi connectivity index (χ3n) is 2.20. The van der Waals surface area contributed by atoms with E-state index in [9.17, 15) is 4.79 Å². The molecule has 1 rings (SSSR count). The summed E-state index contributed by atoms with van der Waals surface area (Å²) in [6, 6.07) is 5.72. The molecule has 0 aromatic carbocycles. The summed E-state index contributed by atoms with van der Waals surface area (Å²) in [5, 5.41) is 8.84. The molecule has 0 spiro atoms. The fourth-order valence-corrected chi connectivity index (χ4v) is 1.34. The molecule has 84 valence electrons. The van der Waals surface area contributed by atoms with E-state index in [1.165, 1.54) is 0 Å². The summed E-state index contributed by atoms with van der Waals surface area (Å²) in [7, 11) is 0. The Labute approximate surface area is 94.9 Å². The lowest BCUT2D eigenvalue weighted by Gasteiger charge is -2.07. The highest BCUT2D eigenvalue weighted by atomic mass is 16.5. The molecule has 16 heavy (non-hydrogen) atoms. The first kappa shape index (κ1) is 12.2. The summed E-state index contributed by atoms with van der Waals surface area (Å²) in [6.07, 6.45) is 4.56. The van der Waals surface area contributed by atoms with Crippen LogP contribution in [0, 0.1) is 17.2 Å². The summed E-state index contributed by atoms with van der Waals surface area (Å²) in [5.74, 6) is -1.10. The number of ether oxygens (including phenoxy) is 1. The van der Waals surface area contributed by atoms with Crippen LogP contribution in [0.15, 0.2) is 24.5 Å². The van der Waals surface area contributed by atoms with Crippen LogP contribution >= 0.6 is 0 Å². The molecule has 0 aliphatic heterocycles. The smallest absolute Gasteiger partial charge is 0.323 e. The van der Waals surface area contributed by atoms with Crippen LogP contribution in [-0.4, -0.2) is 17.6 Å². The highest BCUT2D eigenvalue weighted by molar-refractivity contribution is 5.75. The molecule has 4 heteroatoms. The average molecular weight is 218 g/mol. The Morgan fingerprint density at radius 1 is 1.56 bits per heavy atom. The van der Waals surface area contributed by atoms with E-state index in [1.54, 1.807) is 19.3 Å². The maximum absolute atomic E-state index is 11.3. The fraction of sp³-hybridized carbons (Fsp3) is 0.417. The second-order valence-electron chi connectivity index (χ2n) is 3.33. The molecule has 0 saturated carbocycles. The molecule has 0 bridgehead atoms. The van der Waals surface area contributed by atoms with E-state index in [0.29, 0.717) is 19.4 Å². The van der Waals surface area contributed by atoms with Gasteiger partial charge in [-0.2, -0.15) is 5.26 Å². The molecule has 1 aromatic heterocycles.